The van der Waals surface area contributed by atoms with E-state index >= 15 is 0 Å². The molecule has 4 rings (SSSR count). The maximum Gasteiger partial charge on any atom is 0.264 e. The predicted molar refractivity (Wildman–Crippen MR) is 102 cm³/mol. The summed E-state index contributed by atoms with van der Waals surface area (Å²) in [6.45, 7) is 3.56. The summed E-state index contributed by atoms with van der Waals surface area (Å²) in [5, 5.41) is 0. The summed E-state index contributed by atoms with van der Waals surface area (Å²) in [6.07, 6.45) is 6.34. The first-order chi connectivity index (χ1) is 12.0. The van der Waals surface area contributed by atoms with Gasteiger partial charge in [-0.2, -0.15) is 0 Å². The first-order valence-electron chi connectivity index (χ1n) is 8.09. The Hall–Kier alpha value is -1.90. The Bertz CT molecular complexity index is 919. The van der Waals surface area contributed by atoms with Gasteiger partial charge in [0.25, 0.3) is 10.0 Å². The summed E-state index contributed by atoms with van der Waals surface area (Å²) in [4.78, 5) is 2.52. The van der Waals surface area contributed by atoms with Crippen LogP contribution in [0.1, 0.15) is 18.1 Å². The molecule has 0 unspecified atom stereocenters. The van der Waals surface area contributed by atoms with Crippen molar-refractivity contribution in [1.82, 2.24) is 13.9 Å². The zero-order valence-electron chi connectivity index (χ0n) is 14.1. The van der Waals surface area contributed by atoms with Gasteiger partial charge in [0.1, 0.15) is 4.91 Å². The Labute approximate surface area is 152 Å². The standard InChI is InChI=1S/C17H20N4O2S2/c1-12-6-9-21-16(10-18-24-21)17(12)25(22,23)19-15-5-3-4-13-7-8-20(2)11-14(13)15/h3-6,9-10,18-19H,7-8,11H2,1-2H3. The Kier molecular flexibility index (Phi) is 4.05. The van der Waals surface area contributed by atoms with Gasteiger partial charge < -0.3 is 9.62 Å². The van der Waals surface area contributed by atoms with Crippen LogP contribution in [0.15, 0.2) is 52.9 Å². The number of rotatable bonds is 3. The van der Waals surface area contributed by atoms with Gasteiger partial charge in [0, 0.05) is 25.5 Å². The average molecular weight is 377 g/mol. The van der Waals surface area contributed by atoms with Gasteiger partial charge >= 0.3 is 0 Å². The van der Waals surface area contributed by atoms with Gasteiger partial charge in [0.05, 0.1) is 23.5 Å². The largest absolute Gasteiger partial charge is 0.316 e. The summed E-state index contributed by atoms with van der Waals surface area (Å²) in [5.41, 5.74) is 4.32. The van der Waals surface area contributed by atoms with Crippen LogP contribution in [0.5, 0.6) is 0 Å². The lowest BCUT2D eigenvalue weighted by Gasteiger charge is -2.28. The molecule has 0 bridgehead atoms. The van der Waals surface area contributed by atoms with Crippen molar-refractivity contribution < 1.29 is 8.42 Å². The molecule has 3 aliphatic heterocycles. The molecular formula is C17H20N4O2S2. The van der Waals surface area contributed by atoms with Crippen LogP contribution >= 0.6 is 12.1 Å². The number of sulfonamides is 1. The smallest absolute Gasteiger partial charge is 0.264 e. The van der Waals surface area contributed by atoms with Crippen molar-refractivity contribution in [2.45, 2.75) is 19.9 Å². The third kappa shape index (κ3) is 2.94. The normalized spacial score (nSPS) is 20.1. The average Bonchev–Trinajstić information content (AvgIpc) is 3.03. The van der Waals surface area contributed by atoms with Gasteiger partial charge in [0.15, 0.2) is 0 Å². The van der Waals surface area contributed by atoms with Crippen LogP contribution in [-0.2, 0) is 23.0 Å². The molecule has 0 radical (unpaired) electrons. The maximum atomic E-state index is 13.2. The summed E-state index contributed by atoms with van der Waals surface area (Å²) in [7, 11) is -1.64. The minimum atomic E-state index is -3.69. The molecule has 1 aromatic rings. The molecule has 0 aromatic heterocycles. The van der Waals surface area contributed by atoms with Gasteiger partial charge in [0.2, 0.25) is 0 Å². The van der Waals surface area contributed by atoms with Crippen LogP contribution in [0.3, 0.4) is 0 Å². The Morgan fingerprint density at radius 1 is 1.32 bits per heavy atom. The third-order valence-electron chi connectivity index (χ3n) is 4.61. The lowest BCUT2D eigenvalue weighted by molar-refractivity contribution is 0.313. The number of hydrogen-bond donors (Lipinski definition) is 2. The predicted octanol–water partition coefficient (Wildman–Crippen LogP) is 2.53. The third-order valence-corrected chi connectivity index (χ3v) is 6.91. The number of nitrogens with one attached hydrogen (secondary N) is 2. The van der Waals surface area contributed by atoms with E-state index < -0.39 is 10.0 Å². The molecule has 0 atom stereocenters. The number of hydrogen-bond acceptors (Lipinski definition) is 6. The second-order valence-corrected chi connectivity index (χ2v) is 8.86. The van der Waals surface area contributed by atoms with E-state index in [1.807, 2.05) is 35.6 Å². The zero-order valence-corrected chi connectivity index (χ0v) is 15.7. The van der Waals surface area contributed by atoms with Crippen molar-refractivity contribution in [2.24, 2.45) is 0 Å². The minimum absolute atomic E-state index is 0.314. The summed E-state index contributed by atoms with van der Waals surface area (Å²) < 4.78 is 34.0. The van der Waals surface area contributed by atoms with Crippen molar-refractivity contribution >= 4 is 27.8 Å². The number of benzene rings is 1. The number of fused-ring (bicyclic) bond motifs is 2. The second-order valence-electron chi connectivity index (χ2n) is 6.43. The monoisotopic (exact) mass is 376 g/mol. The fraction of sp³-hybridized carbons (Fsp3) is 0.294. The van der Waals surface area contributed by atoms with Gasteiger partial charge in [-0.15, -0.1) is 0 Å². The van der Waals surface area contributed by atoms with Crippen molar-refractivity contribution in [3.8, 4) is 0 Å². The van der Waals surface area contributed by atoms with E-state index in [2.05, 4.69) is 27.5 Å². The summed E-state index contributed by atoms with van der Waals surface area (Å²) in [6, 6.07) is 5.84. The lowest BCUT2D eigenvalue weighted by atomic mass is 9.99. The molecule has 0 saturated carbocycles. The summed E-state index contributed by atoms with van der Waals surface area (Å²) in [5.74, 6) is 0. The first kappa shape index (κ1) is 16.6. The molecule has 0 amide bonds. The van der Waals surface area contributed by atoms with E-state index in [1.165, 1.54) is 17.7 Å². The second kappa shape index (κ2) is 6.12. The van der Waals surface area contributed by atoms with Gasteiger partial charge in [-0.1, -0.05) is 12.1 Å². The van der Waals surface area contributed by atoms with Gasteiger partial charge in [-0.25, -0.2) is 8.42 Å². The molecule has 0 aliphatic carbocycles. The highest BCUT2D eigenvalue weighted by molar-refractivity contribution is 7.97. The van der Waals surface area contributed by atoms with Crippen LogP contribution in [0.2, 0.25) is 0 Å². The Morgan fingerprint density at radius 3 is 3.00 bits per heavy atom. The molecule has 25 heavy (non-hydrogen) atoms. The molecule has 6 nitrogen and oxygen atoms in total. The Balaban J connectivity index is 1.73. The molecule has 0 fully saturated rings. The van der Waals surface area contributed by atoms with Crippen LogP contribution < -0.4 is 9.44 Å². The van der Waals surface area contributed by atoms with Crippen LogP contribution in [0.25, 0.3) is 0 Å². The number of anilines is 1. The van der Waals surface area contributed by atoms with Gasteiger partial charge in [-0.3, -0.25) is 9.03 Å². The van der Waals surface area contributed by atoms with E-state index in [0.29, 0.717) is 16.3 Å². The molecule has 8 heteroatoms. The lowest BCUT2D eigenvalue weighted by Crippen LogP contribution is -2.29. The quantitative estimate of drug-likeness (QED) is 0.791. The van der Waals surface area contributed by atoms with Gasteiger partial charge in [-0.05, 0) is 49.2 Å². The highest BCUT2D eigenvalue weighted by Crippen LogP contribution is 2.37. The minimum Gasteiger partial charge on any atom is -0.316 e. The molecular weight excluding hydrogens is 356 g/mol. The summed E-state index contributed by atoms with van der Waals surface area (Å²) >= 11 is 1.35. The van der Waals surface area contributed by atoms with E-state index in [-0.39, 0.29) is 0 Å². The van der Waals surface area contributed by atoms with Crippen molar-refractivity contribution in [3.05, 3.63) is 64.0 Å². The molecule has 2 N–H and O–H groups in total. The van der Waals surface area contributed by atoms with Crippen molar-refractivity contribution in [2.75, 3.05) is 18.3 Å². The highest BCUT2D eigenvalue weighted by Gasteiger charge is 2.32. The molecule has 0 spiro atoms. The number of likely N-dealkylation sites (N-methyl/N-ethyl adjacent to an activating group) is 1. The first-order valence-corrected chi connectivity index (χ1v) is 10.3. The number of nitrogens with zero attached hydrogens (tertiary/aromatic N) is 2. The van der Waals surface area contributed by atoms with E-state index in [0.717, 1.165) is 30.6 Å². The van der Waals surface area contributed by atoms with E-state index in [4.69, 9.17) is 0 Å². The van der Waals surface area contributed by atoms with E-state index in [1.54, 1.807) is 6.20 Å². The SMILES string of the molecule is CC1=C(S(=O)(=O)Nc2cccc3c2CN(C)CC3)C2=CNSN2C=C1. The molecule has 1 aromatic carbocycles. The molecule has 3 heterocycles. The Morgan fingerprint density at radius 2 is 2.16 bits per heavy atom. The zero-order chi connectivity index (χ0) is 17.6. The maximum absolute atomic E-state index is 13.2. The highest BCUT2D eigenvalue weighted by atomic mass is 32.2. The fourth-order valence-electron chi connectivity index (χ4n) is 3.34. The van der Waals surface area contributed by atoms with Crippen molar-refractivity contribution in [1.29, 1.82) is 0 Å². The van der Waals surface area contributed by atoms with E-state index in [9.17, 15) is 8.42 Å². The molecule has 3 aliphatic rings. The van der Waals surface area contributed by atoms with Crippen LogP contribution in [-0.4, -0.2) is 31.2 Å². The topological polar surface area (TPSA) is 64.7 Å². The fourth-order valence-corrected chi connectivity index (χ4v) is 5.55. The number of allylic oxidation sites excluding steroid dienone is 2. The van der Waals surface area contributed by atoms with Crippen LogP contribution in [0, 0.1) is 0 Å². The van der Waals surface area contributed by atoms with Crippen LogP contribution in [0.4, 0.5) is 5.69 Å². The van der Waals surface area contributed by atoms with Crippen molar-refractivity contribution in [3.63, 3.8) is 0 Å². The molecule has 132 valence electrons. The molecule has 0 saturated heterocycles.